The number of likely N-dealkylation sites (N-methyl/N-ethyl adjacent to an activating group) is 2. The van der Waals surface area contributed by atoms with E-state index < -0.39 is 0 Å². The molecule has 0 fully saturated rings. The van der Waals surface area contributed by atoms with Gasteiger partial charge in [-0.05, 0) is 38.7 Å². The number of nitrogens with zero attached hydrogens (tertiary/aromatic N) is 1. The van der Waals surface area contributed by atoms with Crippen LogP contribution in [0.25, 0.3) is 11.0 Å². The van der Waals surface area contributed by atoms with Crippen LogP contribution in [0.1, 0.15) is 17.4 Å². The van der Waals surface area contributed by atoms with E-state index in [-0.39, 0.29) is 0 Å². The molecular weight excluding hydrogens is 200 g/mol. The Morgan fingerprint density at radius 2 is 2.19 bits per heavy atom. The molecule has 0 spiro atoms. The van der Waals surface area contributed by atoms with E-state index in [1.807, 2.05) is 21.0 Å². The quantitative estimate of drug-likeness (QED) is 0.726. The summed E-state index contributed by atoms with van der Waals surface area (Å²) in [4.78, 5) is 7.65. The summed E-state index contributed by atoms with van der Waals surface area (Å²) < 4.78 is 0. The Labute approximate surface area is 95.5 Å². The van der Waals surface area contributed by atoms with Gasteiger partial charge in [-0.2, -0.15) is 0 Å². The number of nitrogens with one attached hydrogen (secondary N) is 3. The fourth-order valence-electron chi connectivity index (χ4n) is 1.96. The molecule has 0 aliphatic carbocycles. The first-order chi connectivity index (χ1) is 7.74. The highest BCUT2D eigenvalue weighted by Gasteiger charge is 2.09. The third-order valence-electron chi connectivity index (χ3n) is 2.78. The largest absolute Gasteiger partial charge is 0.342 e. The topological polar surface area (TPSA) is 52.7 Å². The fraction of sp³-hybridized carbons (Fsp3) is 0.417. The summed E-state index contributed by atoms with van der Waals surface area (Å²) in [5, 5.41) is 6.48. The molecule has 0 saturated heterocycles. The highest BCUT2D eigenvalue weighted by molar-refractivity contribution is 5.76. The zero-order valence-electron chi connectivity index (χ0n) is 9.96. The van der Waals surface area contributed by atoms with E-state index in [0.717, 1.165) is 23.4 Å². The summed E-state index contributed by atoms with van der Waals surface area (Å²) in [6, 6.07) is 6.68. The zero-order chi connectivity index (χ0) is 11.5. The van der Waals surface area contributed by atoms with Gasteiger partial charge in [-0.1, -0.05) is 6.07 Å². The maximum absolute atomic E-state index is 4.39. The van der Waals surface area contributed by atoms with E-state index in [2.05, 4.69) is 38.8 Å². The van der Waals surface area contributed by atoms with Crippen molar-refractivity contribution in [1.82, 2.24) is 20.6 Å². The van der Waals surface area contributed by atoms with Crippen LogP contribution in [0.4, 0.5) is 0 Å². The summed E-state index contributed by atoms with van der Waals surface area (Å²) in [5.74, 6) is 0.960. The second kappa shape index (κ2) is 4.63. The van der Waals surface area contributed by atoms with E-state index in [4.69, 9.17) is 0 Å². The third-order valence-corrected chi connectivity index (χ3v) is 2.78. The van der Waals surface area contributed by atoms with Crippen molar-refractivity contribution in [3.05, 3.63) is 29.6 Å². The van der Waals surface area contributed by atoms with Crippen LogP contribution in [-0.2, 0) is 0 Å². The molecule has 1 atom stereocenters. The molecule has 2 rings (SSSR count). The van der Waals surface area contributed by atoms with Gasteiger partial charge in [0.25, 0.3) is 0 Å². The number of hydrogen-bond acceptors (Lipinski definition) is 3. The Morgan fingerprint density at radius 3 is 2.88 bits per heavy atom. The lowest BCUT2D eigenvalue weighted by Crippen LogP contribution is -2.27. The molecule has 2 aromatic rings. The molecule has 1 heterocycles. The van der Waals surface area contributed by atoms with E-state index in [1.165, 1.54) is 5.56 Å². The minimum atomic E-state index is 0.331. The molecule has 86 valence electrons. The first-order valence-corrected chi connectivity index (χ1v) is 5.52. The van der Waals surface area contributed by atoms with Gasteiger partial charge in [-0.25, -0.2) is 4.98 Å². The van der Waals surface area contributed by atoms with Gasteiger partial charge >= 0.3 is 0 Å². The van der Waals surface area contributed by atoms with Crippen LogP contribution in [-0.4, -0.2) is 30.6 Å². The number of aromatic amines is 1. The number of aryl methyl sites for hydroxylation is 1. The molecule has 1 aromatic carbocycles. The second-order valence-corrected chi connectivity index (χ2v) is 4.00. The predicted molar refractivity (Wildman–Crippen MR) is 66.6 cm³/mol. The van der Waals surface area contributed by atoms with Crippen molar-refractivity contribution in [2.45, 2.75) is 13.0 Å². The lowest BCUT2D eigenvalue weighted by molar-refractivity contribution is 0.559. The number of hydrogen-bond donors (Lipinski definition) is 3. The van der Waals surface area contributed by atoms with Crippen LogP contribution in [0.15, 0.2) is 18.2 Å². The Hall–Kier alpha value is -1.39. The Morgan fingerprint density at radius 1 is 1.38 bits per heavy atom. The van der Waals surface area contributed by atoms with Gasteiger partial charge in [-0.15, -0.1) is 0 Å². The van der Waals surface area contributed by atoms with Crippen molar-refractivity contribution in [2.24, 2.45) is 0 Å². The number of H-pyrrole nitrogens is 1. The average molecular weight is 218 g/mol. The van der Waals surface area contributed by atoms with Gasteiger partial charge in [0.15, 0.2) is 0 Å². The minimum absolute atomic E-state index is 0.331. The highest BCUT2D eigenvalue weighted by atomic mass is 14.9. The molecule has 16 heavy (non-hydrogen) atoms. The van der Waals surface area contributed by atoms with Crippen molar-refractivity contribution >= 4 is 11.0 Å². The zero-order valence-corrected chi connectivity index (χ0v) is 9.96. The number of aromatic nitrogens is 2. The lowest BCUT2D eigenvalue weighted by atomic mass is 10.1. The van der Waals surface area contributed by atoms with Crippen molar-refractivity contribution in [2.75, 3.05) is 20.6 Å². The van der Waals surface area contributed by atoms with Gasteiger partial charge in [-0.3, -0.25) is 0 Å². The smallest absolute Gasteiger partial charge is 0.104 e. The summed E-state index contributed by atoms with van der Waals surface area (Å²) >= 11 is 0. The molecule has 0 amide bonds. The number of rotatable bonds is 4. The second-order valence-electron chi connectivity index (χ2n) is 4.00. The first kappa shape index (κ1) is 11.1. The first-order valence-electron chi connectivity index (χ1n) is 5.52. The van der Waals surface area contributed by atoms with E-state index in [1.54, 1.807) is 0 Å². The molecule has 0 aliphatic rings. The number of fused-ring (bicyclic) bond motifs is 1. The predicted octanol–water partition coefficient (Wildman–Crippen LogP) is 1.35. The summed E-state index contributed by atoms with van der Waals surface area (Å²) in [6.45, 7) is 2.89. The minimum Gasteiger partial charge on any atom is -0.342 e. The van der Waals surface area contributed by atoms with Crippen molar-refractivity contribution < 1.29 is 0 Å². The van der Waals surface area contributed by atoms with Crippen LogP contribution in [0.5, 0.6) is 0 Å². The van der Waals surface area contributed by atoms with Crippen LogP contribution < -0.4 is 10.6 Å². The molecule has 0 saturated carbocycles. The van der Waals surface area contributed by atoms with Crippen molar-refractivity contribution in [1.29, 1.82) is 0 Å². The molecule has 0 bridgehead atoms. The molecular formula is C12H18N4. The maximum atomic E-state index is 4.39. The van der Waals surface area contributed by atoms with Crippen molar-refractivity contribution in [3.63, 3.8) is 0 Å². The molecule has 0 radical (unpaired) electrons. The SMILES string of the molecule is CNCC(NC)c1ccc2nc(C)[nH]c2c1. The maximum Gasteiger partial charge on any atom is 0.104 e. The molecule has 4 nitrogen and oxygen atoms in total. The van der Waals surface area contributed by atoms with Gasteiger partial charge in [0, 0.05) is 12.6 Å². The molecule has 1 unspecified atom stereocenters. The van der Waals surface area contributed by atoms with E-state index in [0.29, 0.717) is 6.04 Å². The normalized spacial score (nSPS) is 13.2. The standard InChI is InChI=1S/C12H18N4/c1-8-15-10-5-4-9(6-11(10)16-8)12(14-3)7-13-2/h4-6,12-14H,7H2,1-3H3,(H,15,16). The number of imidazole rings is 1. The third kappa shape index (κ3) is 2.08. The molecule has 3 N–H and O–H groups in total. The summed E-state index contributed by atoms with van der Waals surface area (Å²) in [7, 11) is 3.94. The Kier molecular flexibility index (Phi) is 3.22. The fourth-order valence-corrected chi connectivity index (χ4v) is 1.96. The summed E-state index contributed by atoms with van der Waals surface area (Å²) in [6.07, 6.45) is 0. The Balaban J connectivity index is 2.36. The number of benzene rings is 1. The van der Waals surface area contributed by atoms with Crippen LogP contribution >= 0.6 is 0 Å². The van der Waals surface area contributed by atoms with Crippen molar-refractivity contribution in [3.8, 4) is 0 Å². The average Bonchev–Trinajstić information content (AvgIpc) is 2.64. The van der Waals surface area contributed by atoms with Crippen LogP contribution in [0.3, 0.4) is 0 Å². The van der Waals surface area contributed by atoms with E-state index >= 15 is 0 Å². The molecule has 1 aromatic heterocycles. The van der Waals surface area contributed by atoms with Gasteiger partial charge in [0.2, 0.25) is 0 Å². The lowest BCUT2D eigenvalue weighted by Gasteiger charge is -2.15. The van der Waals surface area contributed by atoms with Gasteiger partial charge in [0.05, 0.1) is 11.0 Å². The highest BCUT2D eigenvalue weighted by Crippen LogP contribution is 2.18. The molecule has 4 heteroatoms. The van der Waals surface area contributed by atoms with Gasteiger partial charge < -0.3 is 15.6 Å². The molecule has 0 aliphatic heterocycles. The van der Waals surface area contributed by atoms with Crippen LogP contribution in [0.2, 0.25) is 0 Å². The van der Waals surface area contributed by atoms with E-state index in [9.17, 15) is 0 Å². The summed E-state index contributed by atoms with van der Waals surface area (Å²) in [5.41, 5.74) is 3.40. The monoisotopic (exact) mass is 218 g/mol. The van der Waals surface area contributed by atoms with Gasteiger partial charge in [0.1, 0.15) is 5.82 Å². The Bertz CT molecular complexity index is 475. The van der Waals surface area contributed by atoms with Crippen LogP contribution in [0, 0.1) is 6.92 Å².